The van der Waals surface area contributed by atoms with Gasteiger partial charge in [-0.1, -0.05) is 30.3 Å². The molecule has 0 spiro atoms. The van der Waals surface area contributed by atoms with E-state index in [4.69, 9.17) is 0 Å². The van der Waals surface area contributed by atoms with E-state index < -0.39 is 0 Å². The maximum Gasteiger partial charge on any atom is 0.234 e. The Bertz CT molecular complexity index is 745. The van der Waals surface area contributed by atoms with Crippen molar-refractivity contribution < 1.29 is 14.3 Å². The molecule has 1 fully saturated rings. The van der Waals surface area contributed by atoms with Crippen LogP contribution < -0.4 is 10.2 Å². The molecule has 1 aliphatic heterocycles. The first-order chi connectivity index (χ1) is 12.6. The fourth-order valence-electron chi connectivity index (χ4n) is 3.18. The quantitative estimate of drug-likeness (QED) is 0.830. The predicted molar refractivity (Wildman–Crippen MR) is 99.9 cm³/mol. The molecule has 5 nitrogen and oxygen atoms in total. The Kier molecular flexibility index (Phi) is 6.07. The van der Waals surface area contributed by atoms with E-state index >= 15 is 0 Å². The third kappa shape index (κ3) is 4.73. The van der Waals surface area contributed by atoms with Crippen LogP contribution >= 0.6 is 0 Å². The number of halogens is 1. The Morgan fingerprint density at radius 2 is 1.73 bits per heavy atom. The standard InChI is InChI=1S/C20H24FN3O2/c21-17-6-2-1-5-16(17)9-10-22-20(26)15-23-11-13-24(14-12-23)18-7-3-4-8-19(18)25/h1-8,25H,9-15H2,(H,22,26). The number of piperazine rings is 1. The monoisotopic (exact) mass is 357 g/mol. The minimum atomic E-state index is -0.234. The van der Waals surface area contributed by atoms with E-state index in [1.54, 1.807) is 30.3 Å². The third-order valence-corrected chi connectivity index (χ3v) is 4.64. The van der Waals surface area contributed by atoms with Crippen molar-refractivity contribution in [3.63, 3.8) is 0 Å². The molecule has 6 heteroatoms. The van der Waals surface area contributed by atoms with E-state index in [0.29, 0.717) is 25.1 Å². The summed E-state index contributed by atoms with van der Waals surface area (Å²) < 4.78 is 13.5. The van der Waals surface area contributed by atoms with Gasteiger partial charge in [-0.15, -0.1) is 0 Å². The zero-order valence-electron chi connectivity index (χ0n) is 14.7. The van der Waals surface area contributed by atoms with Crippen LogP contribution in [0.1, 0.15) is 5.56 Å². The lowest BCUT2D eigenvalue weighted by Crippen LogP contribution is -2.49. The summed E-state index contributed by atoms with van der Waals surface area (Å²) in [5.41, 5.74) is 1.45. The highest BCUT2D eigenvalue weighted by molar-refractivity contribution is 5.78. The first-order valence-electron chi connectivity index (χ1n) is 8.89. The number of phenols is 1. The van der Waals surface area contributed by atoms with Gasteiger partial charge in [-0.2, -0.15) is 0 Å². The first kappa shape index (κ1) is 18.2. The molecule has 26 heavy (non-hydrogen) atoms. The first-order valence-corrected chi connectivity index (χ1v) is 8.89. The molecule has 2 aromatic rings. The van der Waals surface area contributed by atoms with Gasteiger partial charge in [0, 0.05) is 32.7 Å². The molecule has 0 aliphatic carbocycles. The molecule has 0 atom stereocenters. The summed E-state index contributed by atoms with van der Waals surface area (Å²) in [5.74, 6) is 0.00576. The maximum atomic E-state index is 13.5. The summed E-state index contributed by atoms with van der Waals surface area (Å²) >= 11 is 0. The van der Waals surface area contributed by atoms with Gasteiger partial charge in [0.1, 0.15) is 11.6 Å². The summed E-state index contributed by atoms with van der Waals surface area (Å²) in [7, 11) is 0. The number of hydrogen-bond acceptors (Lipinski definition) is 4. The smallest absolute Gasteiger partial charge is 0.234 e. The Balaban J connectivity index is 1.39. The van der Waals surface area contributed by atoms with Crippen LogP contribution in [0.2, 0.25) is 0 Å². The molecule has 1 heterocycles. The van der Waals surface area contributed by atoms with Crippen LogP contribution in [0.25, 0.3) is 0 Å². The Hall–Kier alpha value is -2.60. The third-order valence-electron chi connectivity index (χ3n) is 4.64. The summed E-state index contributed by atoms with van der Waals surface area (Å²) in [5, 5.41) is 12.8. The molecule has 0 unspecified atom stereocenters. The Labute approximate surface area is 153 Å². The highest BCUT2D eigenvalue weighted by atomic mass is 19.1. The van der Waals surface area contributed by atoms with Gasteiger partial charge < -0.3 is 15.3 Å². The van der Waals surface area contributed by atoms with E-state index in [0.717, 1.165) is 31.9 Å². The van der Waals surface area contributed by atoms with Crippen LogP contribution in [-0.2, 0) is 11.2 Å². The molecule has 2 N–H and O–H groups in total. The number of carbonyl (C=O) groups excluding carboxylic acids is 1. The Morgan fingerprint density at radius 1 is 1.04 bits per heavy atom. The lowest BCUT2D eigenvalue weighted by atomic mass is 10.1. The molecule has 0 aromatic heterocycles. The van der Waals surface area contributed by atoms with Gasteiger partial charge in [-0.25, -0.2) is 4.39 Å². The lowest BCUT2D eigenvalue weighted by molar-refractivity contribution is -0.122. The number of benzene rings is 2. The van der Waals surface area contributed by atoms with Crippen LogP contribution in [0.15, 0.2) is 48.5 Å². The van der Waals surface area contributed by atoms with Crippen LogP contribution in [-0.4, -0.2) is 55.2 Å². The van der Waals surface area contributed by atoms with E-state index in [1.807, 2.05) is 12.1 Å². The molecule has 1 amide bonds. The van der Waals surface area contributed by atoms with E-state index in [2.05, 4.69) is 15.1 Å². The van der Waals surface area contributed by atoms with Gasteiger partial charge in [0.25, 0.3) is 0 Å². The molecule has 1 saturated heterocycles. The number of nitrogens with zero attached hydrogens (tertiary/aromatic N) is 2. The number of phenolic OH excluding ortho intramolecular Hbond substituents is 1. The minimum Gasteiger partial charge on any atom is -0.506 e. The Morgan fingerprint density at radius 3 is 2.46 bits per heavy atom. The fraction of sp³-hybridized carbons (Fsp3) is 0.350. The van der Waals surface area contributed by atoms with Gasteiger partial charge in [-0.05, 0) is 30.2 Å². The predicted octanol–water partition coefficient (Wildman–Crippen LogP) is 2.01. The second kappa shape index (κ2) is 8.67. The number of rotatable bonds is 6. The van der Waals surface area contributed by atoms with E-state index in [9.17, 15) is 14.3 Å². The molecule has 1 aliphatic rings. The minimum absolute atomic E-state index is 0.0441. The van der Waals surface area contributed by atoms with Crippen LogP contribution in [0.4, 0.5) is 10.1 Å². The molecule has 138 valence electrons. The summed E-state index contributed by atoms with van der Waals surface area (Å²) in [6.07, 6.45) is 0.486. The van der Waals surface area contributed by atoms with Gasteiger partial charge in [0.2, 0.25) is 5.91 Å². The molecular formula is C20H24FN3O2. The molecule has 0 radical (unpaired) electrons. The molecular weight excluding hydrogens is 333 g/mol. The summed E-state index contributed by atoms with van der Waals surface area (Å²) in [6, 6.07) is 13.9. The van der Waals surface area contributed by atoms with E-state index in [-0.39, 0.29) is 17.5 Å². The topological polar surface area (TPSA) is 55.8 Å². The van der Waals surface area contributed by atoms with Gasteiger partial charge in [0.15, 0.2) is 0 Å². The molecule has 0 bridgehead atoms. The van der Waals surface area contributed by atoms with Crippen molar-refractivity contribution in [1.82, 2.24) is 10.2 Å². The fourth-order valence-corrected chi connectivity index (χ4v) is 3.18. The van der Waals surface area contributed by atoms with Crippen molar-refractivity contribution in [2.45, 2.75) is 6.42 Å². The number of carbonyl (C=O) groups is 1. The van der Waals surface area contributed by atoms with Crippen molar-refractivity contribution >= 4 is 11.6 Å². The van der Waals surface area contributed by atoms with Crippen molar-refractivity contribution in [2.75, 3.05) is 44.2 Å². The van der Waals surface area contributed by atoms with Crippen molar-refractivity contribution in [3.8, 4) is 5.75 Å². The average molecular weight is 357 g/mol. The normalized spacial score (nSPS) is 15.0. The molecule has 3 rings (SSSR count). The highest BCUT2D eigenvalue weighted by Gasteiger charge is 2.20. The van der Waals surface area contributed by atoms with Crippen LogP contribution in [0.5, 0.6) is 5.75 Å². The van der Waals surface area contributed by atoms with E-state index in [1.165, 1.54) is 6.07 Å². The van der Waals surface area contributed by atoms with Gasteiger partial charge in [0.05, 0.1) is 12.2 Å². The number of aromatic hydroxyl groups is 1. The SMILES string of the molecule is O=C(CN1CCN(c2ccccc2O)CC1)NCCc1ccccc1F. The zero-order chi connectivity index (χ0) is 18.4. The number of hydrogen-bond donors (Lipinski definition) is 2. The highest BCUT2D eigenvalue weighted by Crippen LogP contribution is 2.27. The average Bonchev–Trinajstić information content (AvgIpc) is 2.64. The zero-order valence-corrected chi connectivity index (χ0v) is 14.7. The number of para-hydroxylation sites is 2. The van der Waals surface area contributed by atoms with Crippen LogP contribution in [0.3, 0.4) is 0 Å². The van der Waals surface area contributed by atoms with Crippen molar-refractivity contribution in [2.24, 2.45) is 0 Å². The van der Waals surface area contributed by atoms with Crippen molar-refractivity contribution in [1.29, 1.82) is 0 Å². The summed E-state index contributed by atoms with van der Waals surface area (Å²) in [6.45, 7) is 3.81. The largest absolute Gasteiger partial charge is 0.506 e. The molecule has 0 saturated carbocycles. The number of amides is 1. The second-order valence-electron chi connectivity index (χ2n) is 6.44. The maximum absolute atomic E-state index is 13.5. The van der Waals surface area contributed by atoms with Crippen molar-refractivity contribution in [3.05, 3.63) is 59.9 Å². The van der Waals surface area contributed by atoms with Gasteiger partial charge >= 0.3 is 0 Å². The van der Waals surface area contributed by atoms with Crippen LogP contribution in [0, 0.1) is 5.82 Å². The second-order valence-corrected chi connectivity index (χ2v) is 6.44. The number of anilines is 1. The lowest BCUT2D eigenvalue weighted by Gasteiger charge is -2.35. The number of nitrogens with one attached hydrogen (secondary N) is 1. The molecule has 2 aromatic carbocycles. The summed E-state index contributed by atoms with van der Waals surface area (Å²) in [4.78, 5) is 16.3. The van der Waals surface area contributed by atoms with Gasteiger partial charge in [-0.3, -0.25) is 9.69 Å².